The molecule has 0 radical (unpaired) electrons. The molecule has 0 saturated carbocycles. The van der Waals surface area contributed by atoms with E-state index in [4.69, 9.17) is 0 Å². The number of nitrogens with zero attached hydrogens (tertiary/aromatic N) is 1. The first kappa shape index (κ1) is 19.4. The van der Waals surface area contributed by atoms with Crippen molar-refractivity contribution in [1.82, 2.24) is 20.7 Å². The molecule has 2 heterocycles. The SMILES string of the molecule is Cc1ccc2c(c1)C(=O)N(CCC(=O)NNC(=O)Cc1c[nH]c3ccccc13)C2=O. The van der Waals surface area contributed by atoms with Crippen LogP contribution < -0.4 is 10.9 Å². The van der Waals surface area contributed by atoms with Crippen LogP contribution in [0.1, 0.15) is 38.3 Å². The lowest BCUT2D eigenvalue weighted by atomic mass is 10.1. The Hall–Kier alpha value is -3.94. The van der Waals surface area contributed by atoms with Crippen molar-refractivity contribution in [3.63, 3.8) is 0 Å². The Labute approximate surface area is 172 Å². The molecule has 0 atom stereocenters. The molecule has 0 saturated heterocycles. The number of imide groups is 1. The Balaban J connectivity index is 1.28. The van der Waals surface area contributed by atoms with Crippen LogP contribution in [0.4, 0.5) is 0 Å². The average molecular weight is 404 g/mol. The monoisotopic (exact) mass is 404 g/mol. The average Bonchev–Trinajstić information content (AvgIpc) is 3.24. The highest BCUT2D eigenvalue weighted by Gasteiger charge is 2.35. The fourth-order valence-corrected chi connectivity index (χ4v) is 3.52. The Morgan fingerprint density at radius 3 is 2.53 bits per heavy atom. The first-order valence-corrected chi connectivity index (χ1v) is 9.53. The van der Waals surface area contributed by atoms with Gasteiger partial charge in [0.1, 0.15) is 0 Å². The minimum atomic E-state index is -0.491. The summed E-state index contributed by atoms with van der Waals surface area (Å²) in [5, 5.41) is 0.944. The maximum absolute atomic E-state index is 12.4. The van der Waals surface area contributed by atoms with Gasteiger partial charge >= 0.3 is 0 Å². The van der Waals surface area contributed by atoms with Gasteiger partial charge in [0.25, 0.3) is 11.8 Å². The van der Waals surface area contributed by atoms with Gasteiger partial charge in [-0.15, -0.1) is 0 Å². The molecular weight excluding hydrogens is 384 g/mol. The largest absolute Gasteiger partial charge is 0.361 e. The zero-order valence-electron chi connectivity index (χ0n) is 16.3. The normalized spacial score (nSPS) is 12.9. The highest BCUT2D eigenvalue weighted by molar-refractivity contribution is 6.21. The minimum Gasteiger partial charge on any atom is -0.361 e. The molecule has 0 aliphatic carbocycles. The highest BCUT2D eigenvalue weighted by atomic mass is 16.2. The van der Waals surface area contributed by atoms with Gasteiger partial charge in [-0.1, -0.05) is 29.8 Å². The lowest BCUT2D eigenvalue weighted by Gasteiger charge is -2.13. The Morgan fingerprint density at radius 2 is 1.70 bits per heavy atom. The summed E-state index contributed by atoms with van der Waals surface area (Å²) in [6.45, 7) is 1.78. The number of benzene rings is 2. The molecule has 0 bridgehead atoms. The third-order valence-corrected chi connectivity index (χ3v) is 5.06. The van der Waals surface area contributed by atoms with E-state index in [9.17, 15) is 19.2 Å². The predicted molar refractivity (Wildman–Crippen MR) is 109 cm³/mol. The lowest BCUT2D eigenvalue weighted by Crippen LogP contribution is -2.44. The van der Waals surface area contributed by atoms with Gasteiger partial charge in [0, 0.05) is 30.1 Å². The summed E-state index contributed by atoms with van der Waals surface area (Å²) >= 11 is 0. The van der Waals surface area contributed by atoms with Crippen molar-refractivity contribution in [2.24, 2.45) is 0 Å². The minimum absolute atomic E-state index is 0.0600. The molecular formula is C22H20N4O4. The number of carbonyl (C=O) groups is 4. The number of aromatic nitrogens is 1. The number of aromatic amines is 1. The van der Waals surface area contributed by atoms with Crippen LogP contribution in [0.15, 0.2) is 48.7 Å². The number of aryl methyl sites for hydroxylation is 1. The van der Waals surface area contributed by atoms with Crippen LogP contribution in [0, 0.1) is 6.92 Å². The zero-order valence-corrected chi connectivity index (χ0v) is 16.3. The first-order chi connectivity index (χ1) is 14.4. The van der Waals surface area contributed by atoms with E-state index in [2.05, 4.69) is 15.8 Å². The number of para-hydroxylation sites is 1. The molecule has 8 nitrogen and oxygen atoms in total. The molecule has 4 amide bonds. The van der Waals surface area contributed by atoms with Crippen LogP contribution in [0.5, 0.6) is 0 Å². The van der Waals surface area contributed by atoms with Crippen LogP contribution in [-0.2, 0) is 16.0 Å². The third kappa shape index (κ3) is 3.67. The van der Waals surface area contributed by atoms with E-state index in [1.54, 1.807) is 24.4 Å². The maximum atomic E-state index is 12.4. The number of fused-ring (bicyclic) bond motifs is 2. The van der Waals surface area contributed by atoms with Gasteiger partial charge in [-0.25, -0.2) is 0 Å². The number of hydrogen-bond donors (Lipinski definition) is 3. The molecule has 30 heavy (non-hydrogen) atoms. The van der Waals surface area contributed by atoms with Gasteiger partial charge in [-0.2, -0.15) is 0 Å². The smallest absolute Gasteiger partial charge is 0.261 e. The predicted octanol–water partition coefficient (Wildman–Crippen LogP) is 1.85. The third-order valence-electron chi connectivity index (χ3n) is 5.06. The van der Waals surface area contributed by atoms with E-state index in [1.165, 1.54) is 0 Å². The number of hydrogen-bond acceptors (Lipinski definition) is 4. The van der Waals surface area contributed by atoms with Gasteiger partial charge < -0.3 is 4.98 Å². The van der Waals surface area contributed by atoms with Crippen molar-refractivity contribution in [1.29, 1.82) is 0 Å². The zero-order chi connectivity index (χ0) is 21.3. The van der Waals surface area contributed by atoms with Crippen molar-refractivity contribution >= 4 is 34.5 Å². The molecule has 4 rings (SSSR count). The van der Waals surface area contributed by atoms with E-state index >= 15 is 0 Å². The van der Waals surface area contributed by atoms with Gasteiger partial charge in [0.2, 0.25) is 11.8 Å². The number of hydrazine groups is 1. The van der Waals surface area contributed by atoms with Crippen molar-refractivity contribution in [3.05, 3.63) is 70.9 Å². The number of H-pyrrole nitrogens is 1. The number of amides is 4. The quantitative estimate of drug-likeness (QED) is 0.445. The topological polar surface area (TPSA) is 111 Å². The molecule has 152 valence electrons. The second kappa shape index (κ2) is 7.82. The summed E-state index contributed by atoms with van der Waals surface area (Å²) in [7, 11) is 0. The number of rotatable bonds is 5. The summed E-state index contributed by atoms with van der Waals surface area (Å²) in [5.41, 5.74) is 8.03. The molecule has 3 aromatic rings. The van der Waals surface area contributed by atoms with Crippen LogP contribution in [-0.4, -0.2) is 40.1 Å². The van der Waals surface area contributed by atoms with Crippen LogP contribution in [0.25, 0.3) is 10.9 Å². The summed E-state index contributed by atoms with van der Waals surface area (Å²) in [6, 6.07) is 12.7. The lowest BCUT2D eigenvalue weighted by molar-refractivity contribution is -0.128. The van der Waals surface area contributed by atoms with Crippen molar-refractivity contribution in [3.8, 4) is 0 Å². The van der Waals surface area contributed by atoms with E-state index in [0.717, 1.165) is 26.9 Å². The molecule has 0 fully saturated rings. The second-order valence-electron chi connectivity index (χ2n) is 7.19. The molecule has 1 aliphatic rings. The molecule has 0 spiro atoms. The number of nitrogens with one attached hydrogen (secondary N) is 3. The summed E-state index contributed by atoms with van der Waals surface area (Å²) < 4.78 is 0. The molecule has 1 aromatic heterocycles. The number of carbonyl (C=O) groups excluding carboxylic acids is 4. The molecule has 8 heteroatoms. The molecule has 0 unspecified atom stereocenters. The maximum Gasteiger partial charge on any atom is 0.261 e. The van der Waals surface area contributed by atoms with Gasteiger partial charge in [-0.3, -0.25) is 34.9 Å². The Bertz CT molecular complexity index is 1180. The fourth-order valence-electron chi connectivity index (χ4n) is 3.52. The molecule has 1 aliphatic heterocycles. The van der Waals surface area contributed by atoms with E-state index < -0.39 is 17.7 Å². The van der Waals surface area contributed by atoms with E-state index in [0.29, 0.717) is 11.1 Å². The first-order valence-electron chi connectivity index (χ1n) is 9.53. The summed E-state index contributed by atoms with van der Waals surface area (Å²) in [4.78, 5) is 53.2. The fraction of sp³-hybridized carbons (Fsp3) is 0.182. The Kier molecular flexibility index (Phi) is 5.05. The standard InChI is InChI=1S/C22H20N4O4/c1-13-6-7-16-17(10-13)22(30)26(21(16)29)9-8-19(27)24-25-20(28)11-14-12-23-18-5-3-2-4-15(14)18/h2-7,10,12,23H,8-9,11H2,1H3,(H,24,27)(H,25,28). The van der Waals surface area contributed by atoms with Gasteiger partial charge in [0.15, 0.2) is 0 Å². The van der Waals surface area contributed by atoms with E-state index in [-0.39, 0.29) is 25.3 Å². The Morgan fingerprint density at radius 1 is 0.967 bits per heavy atom. The van der Waals surface area contributed by atoms with Gasteiger partial charge in [-0.05, 0) is 30.7 Å². The van der Waals surface area contributed by atoms with Crippen LogP contribution >= 0.6 is 0 Å². The molecule has 2 aromatic carbocycles. The summed E-state index contributed by atoms with van der Waals surface area (Å²) in [5.74, 6) is -1.68. The van der Waals surface area contributed by atoms with Crippen molar-refractivity contribution < 1.29 is 19.2 Å². The highest BCUT2D eigenvalue weighted by Crippen LogP contribution is 2.24. The van der Waals surface area contributed by atoms with Gasteiger partial charge in [0.05, 0.1) is 17.5 Å². The van der Waals surface area contributed by atoms with Crippen molar-refractivity contribution in [2.45, 2.75) is 19.8 Å². The van der Waals surface area contributed by atoms with Crippen LogP contribution in [0.3, 0.4) is 0 Å². The van der Waals surface area contributed by atoms with Crippen molar-refractivity contribution in [2.75, 3.05) is 6.54 Å². The summed E-state index contributed by atoms with van der Waals surface area (Å²) in [6.07, 6.45) is 1.75. The van der Waals surface area contributed by atoms with E-state index in [1.807, 2.05) is 31.2 Å². The second-order valence-corrected chi connectivity index (χ2v) is 7.19. The van der Waals surface area contributed by atoms with Crippen LogP contribution in [0.2, 0.25) is 0 Å². The molecule has 3 N–H and O–H groups in total.